The molecule has 2 fully saturated rings. The summed E-state index contributed by atoms with van der Waals surface area (Å²) in [6.45, 7) is 4.65. The number of aliphatic hydroxyl groups is 2. The highest BCUT2D eigenvalue weighted by molar-refractivity contribution is 7.91. The van der Waals surface area contributed by atoms with E-state index in [1.807, 2.05) is 54.3 Å². The molecule has 5 atom stereocenters. The first-order valence-electron chi connectivity index (χ1n) is 19.3. The largest absolute Gasteiger partial charge is 0.508 e. The molecule has 11 nitrogen and oxygen atoms in total. The number of benzene rings is 3. The van der Waals surface area contributed by atoms with Crippen LogP contribution in [0.2, 0.25) is 0 Å². The van der Waals surface area contributed by atoms with Crippen LogP contribution in [0.3, 0.4) is 0 Å². The Labute approximate surface area is 314 Å². The van der Waals surface area contributed by atoms with Gasteiger partial charge in [-0.1, -0.05) is 94.3 Å². The van der Waals surface area contributed by atoms with Crippen molar-refractivity contribution < 1.29 is 38.1 Å². The zero-order chi connectivity index (χ0) is 37.8. The Morgan fingerprint density at radius 1 is 0.906 bits per heavy atom. The van der Waals surface area contributed by atoms with Crippen LogP contribution in [0.25, 0.3) is 10.8 Å². The number of sulfone groups is 1. The number of ether oxygens (including phenoxy) is 1. The number of nitrogens with one attached hydrogen (secondary N) is 2. The number of nitrogens with zero attached hydrogens (tertiary/aromatic N) is 1. The van der Waals surface area contributed by atoms with Crippen LogP contribution in [-0.2, 0) is 30.6 Å². The Morgan fingerprint density at radius 3 is 2.32 bits per heavy atom. The molecular formula is C41H57N3O8S. The Hall–Kier alpha value is -3.55. The smallest absolute Gasteiger partial charge is 0.242 e. The number of morpholine rings is 1. The highest BCUT2D eigenvalue weighted by atomic mass is 32.2. The summed E-state index contributed by atoms with van der Waals surface area (Å²) in [5.74, 6) is -2.36. The van der Waals surface area contributed by atoms with Crippen LogP contribution in [0.15, 0.2) is 71.6 Å². The molecular weight excluding hydrogens is 695 g/mol. The molecule has 1 aliphatic carbocycles. The lowest BCUT2D eigenvalue weighted by molar-refractivity contribution is -0.132. The molecule has 5 rings (SSSR count). The average molecular weight is 752 g/mol. The quantitative estimate of drug-likeness (QED) is 0.127. The summed E-state index contributed by atoms with van der Waals surface area (Å²) in [4.78, 5) is 30.5. The first-order chi connectivity index (χ1) is 25.5. The molecule has 1 aliphatic heterocycles. The van der Waals surface area contributed by atoms with Crippen molar-refractivity contribution in [1.82, 2.24) is 15.5 Å². The highest BCUT2D eigenvalue weighted by Gasteiger charge is 2.35. The molecule has 1 heterocycles. The van der Waals surface area contributed by atoms with E-state index in [0.717, 1.165) is 54.9 Å². The molecule has 5 N–H and O–H groups in total. The Balaban J connectivity index is 1.38. The van der Waals surface area contributed by atoms with Crippen LogP contribution in [0, 0.1) is 11.8 Å². The molecule has 12 heteroatoms. The van der Waals surface area contributed by atoms with Gasteiger partial charge in [0.2, 0.25) is 11.8 Å². The van der Waals surface area contributed by atoms with Gasteiger partial charge in [-0.05, 0) is 65.8 Å². The maximum Gasteiger partial charge on any atom is 0.242 e. The van der Waals surface area contributed by atoms with Gasteiger partial charge >= 0.3 is 0 Å². The third kappa shape index (κ3) is 11.7. The second-order valence-corrected chi connectivity index (χ2v) is 16.9. The molecule has 3 aromatic carbocycles. The van der Waals surface area contributed by atoms with Gasteiger partial charge in [0.1, 0.15) is 17.9 Å². The summed E-state index contributed by atoms with van der Waals surface area (Å²) in [7, 11) is -3.98. The standard InChI is InChI=1S/C41H57N3O8S/c1-2-3-16-36(41(49)43-37(25-29-10-5-4-6-11-29)39(47)38(46)27-44-21-23-52-24-22-44)42-40(48)32(28-53(50,51)34-19-17-33(45)18-20-34)26-31-14-9-13-30-12-7-8-15-35(30)31/h7-9,12-15,17-20,29,32,36-39,45-47H,2-6,10-11,16,21-28H2,1H3,(H,42,48)(H,43,49)/t32-,36+,37+,38+,39-/m1/s1. The van der Waals surface area contributed by atoms with E-state index in [9.17, 15) is 33.3 Å². The zero-order valence-electron chi connectivity index (χ0n) is 30.9. The number of rotatable bonds is 18. The minimum atomic E-state index is -3.98. The van der Waals surface area contributed by atoms with E-state index in [-0.39, 0.29) is 29.5 Å². The normalized spacial score (nSPS) is 18.8. The van der Waals surface area contributed by atoms with Gasteiger partial charge < -0.3 is 30.7 Å². The molecule has 0 unspecified atom stereocenters. The van der Waals surface area contributed by atoms with Gasteiger partial charge in [-0.15, -0.1) is 0 Å². The van der Waals surface area contributed by atoms with Crippen molar-refractivity contribution >= 4 is 32.4 Å². The van der Waals surface area contributed by atoms with E-state index < -0.39 is 57.6 Å². The molecule has 0 radical (unpaired) electrons. The average Bonchev–Trinajstić information content (AvgIpc) is 3.16. The number of hydrogen-bond donors (Lipinski definition) is 5. The van der Waals surface area contributed by atoms with E-state index in [1.54, 1.807) is 0 Å². The maximum atomic E-state index is 14.3. The molecule has 0 spiro atoms. The lowest BCUT2D eigenvalue weighted by Crippen LogP contribution is -2.57. The van der Waals surface area contributed by atoms with Crippen LogP contribution in [0.5, 0.6) is 5.75 Å². The van der Waals surface area contributed by atoms with Crippen molar-refractivity contribution in [3.05, 3.63) is 72.3 Å². The number of unbranched alkanes of at least 4 members (excludes halogenated alkanes) is 1. The summed E-state index contributed by atoms with van der Waals surface area (Å²) in [6, 6.07) is 17.0. The first kappa shape index (κ1) is 40.6. The van der Waals surface area contributed by atoms with Crippen molar-refractivity contribution in [2.75, 3.05) is 38.6 Å². The minimum absolute atomic E-state index is 0.0125. The van der Waals surface area contributed by atoms with Crippen LogP contribution < -0.4 is 10.6 Å². The summed E-state index contributed by atoms with van der Waals surface area (Å²) in [5, 5.41) is 40.3. The predicted molar refractivity (Wildman–Crippen MR) is 205 cm³/mol. The van der Waals surface area contributed by atoms with Gasteiger partial charge in [0.05, 0.1) is 41.9 Å². The topological polar surface area (TPSA) is 165 Å². The number of hydrogen-bond acceptors (Lipinski definition) is 9. The zero-order valence-corrected chi connectivity index (χ0v) is 31.7. The second-order valence-electron chi connectivity index (χ2n) is 14.8. The predicted octanol–water partition coefficient (Wildman–Crippen LogP) is 4.36. The Kier molecular flexibility index (Phi) is 15.1. The van der Waals surface area contributed by atoms with Gasteiger partial charge in [0.25, 0.3) is 0 Å². The molecule has 1 saturated carbocycles. The fraction of sp³-hybridized carbons (Fsp3) is 0.561. The number of aliphatic hydroxyl groups excluding tert-OH is 2. The molecule has 2 aliphatic rings. The SMILES string of the molecule is CCCC[C@H](NC(=O)[C@H](Cc1cccc2ccccc12)CS(=O)(=O)c1ccc(O)cc1)C(=O)N[C@@H](CC1CCCCC1)[C@@H](O)[C@@H](O)CN1CCOCC1. The van der Waals surface area contributed by atoms with E-state index in [0.29, 0.717) is 45.6 Å². The lowest BCUT2D eigenvalue weighted by Gasteiger charge is -2.35. The van der Waals surface area contributed by atoms with Crippen LogP contribution >= 0.6 is 0 Å². The number of phenols is 1. The van der Waals surface area contributed by atoms with Crippen molar-refractivity contribution in [2.45, 2.75) is 100 Å². The third-order valence-electron chi connectivity index (χ3n) is 10.8. The van der Waals surface area contributed by atoms with Gasteiger partial charge in [-0.25, -0.2) is 8.42 Å². The number of carbonyl (C=O) groups excluding carboxylic acids is 2. The molecule has 53 heavy (non-hydrogen) atoms. The van der Waals surface area contributed by atoms with Crippen molar-refractivity contribution in [3.8, 4) is 5.75 Å². The third-order valence-corrected chi connectivity index (χ3v) is 12.6. The Morgan fingerprint density at radius 2 is 1.60 bits per heavy atom. The second kappa shape index (κ2) is 19.7. The monoisotopic (exact) mass is 751 g/mol. The number of aromatic hydroxyl groups is 1. The van der Waals surface area contributed by atoms with Crippen molar-refractivity contribution in [2.24, 2.45) is 11.8 Å². The van der Waals surface area contributed by atoms with E-state index in [1.165, 1.54) is 24.3 Å². The maximum absolute atomic E-state index is 14.3. The van der Waals surface area contributed by atoms with Gasteiger partial charge in [0.15, 0.2) is 9.84 Å². The summed E-state index contributed by atoms with van der Waals surface area (Å²) in [5.41, 5.74) is 0.809. The number of fused-ring (bicyclic) bond motifs is 1. The van der Waals surface area contributed by atoms with Crippen LogP contribution in [0.4, 0.5) is 0 Å². The minimum Gasteiger partial charge on any atom is -0.508 e. The van der Waals surface area contributed by atoms with Crippen molar-refractivity contribution in [1.29, 1.82) is 0 Å². The number of β-amino-alcohol motifs (C(OH)–C–C–N with tert-alkyl or cyclic N) is 1. The van der Waals surface area contributed by atoms with Gasteiger partial charge in [-0.3, -0.25) is 14.5 Å². The van der Waals surface area contributed by atoms with Crippen LogP contribution in [0.1, 0.15) is 70.3 Å². The van der Waals surface area contributed by atoms with E-state index >= 15 is 0 Å². The highest BCUT2D eigenvalue weighted by Crippen LogP contribution is 2.29. The van der Waals surface area contributed by atoms with E-state index in [4.69, 9.17) is 4.74 Å². The Bertz CT molecular complexity index is 1720. The summed E-state index contributed by atoms with van der Waals surface area (Å²) in [6.07, 6.45) is 5.32. The van der Waals surface area contributed by atoms with Gasteiger partial charge in [0, 0.05) is 19.6 Å². The first-order valence-corrected chi connectivity index (χ1v) is 20.9. The van der Waals surface area contributed by atoms with E-state index in [2.05, 4.69) is 10.6 Å². The molecule has 3 aromatic rings. The summed E-state index contributed by atoms with van der Waals surface area (Å²) >= 11 is 0. The molecule has 290 valence electrons. The number of amides is 2. The van der Waals surface area contributed by atoms with Crippen molar-refractivity contribution in [3.63, 3.8) is 0 Å². The number of phenolic OH excluding ortho intramolecular Hbond substituents is 1. The summed E-state index contributed by atoms with van der Waals surface area (Å²) < 4.78 is 32.9. The van der Waals surface area contributed by atoms with Crippen LogP contribution in [-0.4, -0.2) is 103 Å². The molecule has 2 amide bonds. The molecule has 0 aromatic heterocycles. The lowest BCUT2D eigenvalue weighted by atomic mass is 9.83. The molecule has 0 bridgehead atoms. The fourth-order valence-electron chi connectivity index (χ4n) is 7.72. The molecule has 1 saturated heterocycles. The van der Waals surface area contributed by atoms with Gasteiger partial charge in [-0.2, -0.15) is 0 Å². The fourth-order valence-corrected chi connectivity index (χ4v) is 9.26. The number of carbonyl (C=O) groups is 2.